The number of ether oxygens (including phenoxy) is 1. The third-order valence-electron chi connectivity index (χ3n) is 4.35. The van der Waals surface area contributed by atoms with Gasteiger partial charge in [0, 0.05) is 54.6 Å². The predicted octanol–water partition coefficient (Wildman–Crippen LogP) is 3.77. The standard InChI is InChI=1S/C17H34IN3O2/c1-14(2)23-17(22)21-13-15(3)20(12-16(21)4)11-9-7-6-8-10-19(5)18/h14-16H,6-13H2,1-5H3. The lowest BCUT2D eigenvalue weighted by molar-refractivity contribution is 0.0169. The zero-order valence-electron chi connectivity index (χ0n) is 15.4. The van der Waals surface area contributed by atoms with E-state index < -0.39 is 0 Å². The van der Waals surface area contributed by atoms with Gasteiger partial charge in [0.25, 0.3) is 0 Å². The molecule has 0 N–H and O–H groups in total. The highest BCUT2D eigenvalue weighted by Crippen LogP contribution is 2.18. The summed E-state index contributed by atoms with van der Waals surface area (Å²) in [5.74, 6) is 0. The highest BCUT2D eigenvalue weighted by Gasteiger charge is 2.32. The molecule has 1 aliphatic rings. The van der Waals surface area contributed by atoms with E-state index in [9.17, 15) is 4.79 Å². The number of hydrogen-bond donors (Lipinski definition) is 0. The highest BCUT2D eigenvalue weighted by molar-refractivity contribution is 14.1. The Kier molecular flexibility index (Phi) is 9.77. The van der Waals surface area contributed by atoms with Crippen molar-refractivity contribution in [3.8, 4) is 0 Å². The molecule has 0 saturated carbocycles. The summed E-state index contributed by atoms with van der Waals surface area (Å²) < 4.78 is 7.57. The van der Waals surface area contributed by atoms with E-state index in [4.69, 9.17) is 4.74 Å². The first kappa shape index (κ1) is 21.0. The number of carbonyl (C=O) groups is 1. The molecule has 1 aliphatic heterocycles. The van der Waals surface area contributed by atoms with E-state index in [-0.39, 0.29) is 18.2 Å². The summed E-state index contributed by atoms with van der Waals surface area (Å²) in [5.41, 5.74) is 0. The molecule has 0 radical (unpaired) electrons. The van der Waals surface area contributed by atoms with E-state index in [0.29, 0.717) is 6.04 Å². The van der Waals surface area contributed by atoms with Gasteiger partial charge in [0.15, 0.2) is 0 Å². The summed E-state index contributed by atoms with van der Waals surface area (Å²) in [5, 5.41) is 0. The molecule has 0 aliphatic carbocycles. The summed E-state index contributed by atoms with van der Waals surface area (Å²) in [6.07, 6.45) is 4.91. The van der Waals surface area contributed by atoms with Crippen LogP contribution in [0.4, 0.5) is 4.79 Å². The molecular weight excluding hydrogens is 405 g/mol. The van der Waals surface area contributed by atoms with Gasteiger partial charge in [-0.25, -0.2) is 4.79 Å². The first-order chi connectivity index (χ1) is 10.8. The minimum absolute atomic E-state index is 0.0513. The molecule has 1 heterocycles. The maximum atomic E-state index is 12.1. The van der Waals surface area contributed by atoms with E-state index in [0.717, 1.165) is 19.6 Å². The van der Waals surface area contributed by atoms with Crippen LogP contribution in [0.3, 0.4) is 0 Å². The molecule has 0 bridgehead atoms. The van der Waals surface area contributed by atoms with Crippen molar-refractivity contribution in [1.29, 1.82) is 0 Å². The Morgan fingerprint density at radius 3 is 2.43 bits per heavy atom. The van der Waals surface area contributed by atoms with Crippen molar-refractivity contribution in [2.45, 2.75) is 71.6 Å². The smallest absolute Gasteiger partial charge is 0.410 e. The third-order valence-corrected chi connectivity index (χ3v) is 4.83. The van der Waals surface area contributed by atoms with Crippen LogP contribution >= 0.6 is 22.9 Å². The van der Waals surface area contributed by atoms with Gasteiger partial charge in [-0.1, -0.05) is 12.8 Å². The van der Waals surface area contributed by atoms with Gasteiger partial charge < -0.3 is 9.64 Å². The van der Waals surface area contributed by atoms with Crippen LogP contribution < -0.4 is 0 Å². The topological polar surface area (TPSA) is 36.0 Å². The average molecular weight is 439 g/mol. The lowest BCUT2D eigenvalue weighted by Gasteiger charge is -2.43. The molecule has 1 amide bonds. The molecule has 0 aromatic rings. The molecule has 6 heteroatoms. The Hall–Kier alpha value is -0.0800. The van der Waals surface area contributed by atoms with Crippen LogP contribution in [-0.4, -0.2) is 70.4 Å². The summed E-state index contributed by atoms with van der Waals surface area (Å²) >= 11 is 2.34. The Bertz CT molecular complexity index is 353. The number of rotatable bonds is 8. The van der Waals surface area contributed by atoms with Crippen molar-refractivity contribution in [3.05, 3.63) is 0 Å². The fourth-order valence-electron chi connectivity index (χ4n) is 3.03. The Morgan fingerprint density at radius 1 is 1.17 bits per heavy atom. The zero-order valence-corrected chi connectivity index (χ0v) is 17.6. The van der Waals surface area contributed by atoms with Crippen LogP contribution in [0.25, 0.3) is 0 Å². The van der Waals surface area contributed by atoms with E-state index in [1.807, 2.05) is 18.7 Å². The number of amides is 1. The van der Waals surface area contributed by atoms with Gasteiger partial charge >= 0.3 is 6.09 Å². The Morgan fingerprint density at radius 2 is 1.83 bits per heavy atom. The fourth-order valence-corrected chi connectivity index (χ4v) is 3.37. The maximum Gasteiger partial charge on any atom is 0.410 e. The molecule has 0 aromatic carbocycles. The van der Waals surface area contributed by atoms with Crippen molar-refractivity contribution in [2.24, 2.45) is 0 Å². The lowest BCUT2D eigenvalue weighted by atomic mass is 10.1. The zero-order chi connectivity index (χ0) is 17.4. The summed E-state index contributed by atoms with van der Waals surface area (Å²) in [4.78, 5) is 16.5. The molecule has 0 spiro atoms. The van der Waals surface area contributed by atoms with E-state index in [1.54, 1.807) is 0 Å². The fraction of sp³-hybridized carbons (Fsp3) is 0.941. The van der Waals surface area contributed by atoms with Crippen LogP contribution in [0.1, 0.15) is 53.4 Å². The Balaban J connectivity index is 2.29. The predicted molar refractivity (Wildman–Crippen MR) is 104 cm³/mol. The molecule has 23 heavy (non-hydrogen) atoms. The number of piperazine rings is 1. The summed E-state index contributed by atoms with van der Waals surface area (Å²) in [6.45, 7) is 12.2. The van der Waals surface area contributed by atoms with Crippen molar-refractivity contribution in [3.63, 3.8) is 0 Å². The largest absolute Gasteiger partial charge is 0.447 e. The van der Waals surface area contributed by atoms with Gasteiger partial charge in [0.05, 0.1) is 6.10 Å². The minimum Gasteiger partial charge on any atom is -0.447 e. The van der Waals surface area contributed by atoms with E-state index >= 15 is 0 Å². The van der Waals surface area contributed by atoms with Gasteiger partial charge in [-0.3, -0.25) is 8.01 Å². The second-order valence-electron chi connectivity index (χ2n) is 7.02. The van der Waals surface area contributed by atoms with Gasteiger partial charge in [-0.15, -0.1) is 0 Å². The molecule has 136 valence electrons. The van der Waals surface area contributed by atoms with Gasteiger partial charge in [-0.05, 0) is 54.1 Å². The first-order valence-corrected chi connectivity index (χ1v) is 9.86. The molecule has 5 nitrogen and oxygen atoms in total. The molecule has 2 atom stereocenters. The number of unbranched alkanes of at least 4 members (excludes halogenated alkanes) is 3. The van der Waals surface area contributed by atoms with Crippen LogP contribution in [0.2, 0.25) is 0 Å². The van der Waals surface area contributed by atoms with Crippen LogP contribution in [0, 0.1) is 0 Å². The van der Waals surface area contributed by atoms with Gasteiger partial charge in [-0.2, -0.15) is 0 Å². The molecular formula is C17H34IN3O2. The van der Waals surface area contributed by atoms with Gasteiger partial charge in [0.2, 0.25) is 0 Å². The van der Waals surface area contributed by atoms with E-state index in [1.165, 1.54) is 32.2 Å². The SMILES string of the molecule is CC(C)OC(=O)N1CC(C)N(CCCCCCN(C)I)CC1C. The van der Waals surface area contributed by atoms with Crippen LogP contribution in [0.5, 0.6) is 0 Å². The molecule has 1 saturated heterocycles. The summed E-state index contributed by atoms with van der Waals surface area (Å²) in [7, 11) is 2.12. The highest BCUT2D eigenvalue weighted by atomic mass is 127. The monoisotopic (exact) mass is 439 g/mol. The van der Waals surface area contributed by atoms with Gasteiger partial charge in [0.1, 0.15) is 0 Å². The lowest BCUT2D eigenvalue weighted by Crippen LogP contribution is -2.58. The van der Waals surface area contributed by atoms with Crippen molar-refractivity contribution in [1.82, 2.24) is 12.9 Å². The molecule has 2 unspecified atom stereocenters. The first-order valence-electron chi connectivity index (χ1n) is 8.89. The van der Waals surface area contributed by atoms with Crippen molar-refractivity contribution >= 4 is 29.0 Å². The molecule has 1 rings (SSSR count). The number of hydrogen-bond acceptors (Lipinski definition) is 4. The van der Waals surface area contributed by atoms with Crippen LogP contribution in [0.15, 0.2) is 0 Å². The molecule has 1 fully saturated rings. The average Bonchev–Trinajstić information content (AvgIpc) is 2.44. The number of halogens is 1. The van der Waals surface area contributed by atoms with Crippen molar-refractivity contribution < 1.29 is 9.53 Å². The number of nitrogens with zero attached hydrogens (tertiary/aromatic N) is 3. The minimum atomic E-state index is -0.165. The second-order valence-corrected chi connectivity index (χ2v) is 8.67. The van der Waals surface area contributed by atoms with Crippen LogP contribution in [-0.2, 0) is 4.74 Å². The normalized spacial score (nSPS) is 22.9. The third kappa shape index (κ3) is 8.03. The Labute approximate surface area is 156 Å². The van der Waals surface area contributed by atoms with Crippen molar-refractivity contribution in [2.75, 3.05) is 33.2 Å². The summed E-state index contributed by atoms with van der Waals surface area (Å²) in [6, 6.07) is 0.636. The number of carbonyl (C=O) groups excluding carboxylic acids is 1. The quantitative estimate of drug-likeness (QED) is 0.328. The maximum absolute atomic E-state index is 12.1. The van der Waals surface area contributed by atoms with E-state index in [2.05, 4.69) is 51.8 Å². The molecule has 0 aromatic heterocycles. The second kappa shape index (κ2) is 10.7.